The first-order chi connectivity index (χ1) is 6.86. The van der Waals surface area contributed by atoms with Crippen LogP contribution >= 0.6 is 0 Å². The molecule has 0 amide bonds. The number of benzene rings is 1. The third kappa shape index (κ3) is 1.27. The number of furan rings is 1. The fraction of sp³-hybridized carbons (Fsp3) is 0.182. The van der Waals surface area contributed by atoms with Crippen molar-refractivity contribution in [2.24, 2.45) is 0 Å². The Morgan fingerprint density at radius 1 is 1.43 bits per heavy atom. The van der Waals surface area contributed by atoms with Gasteiger partial charge in [0.2, 0.25) is 0 Å². The Bertz CT molecular complexity index is 457. The van der Waals surface area contributed by atoms with Crippen molar-refractivity contribution < 1.29 is 13.9 Å². The molecule has 2 rings (SSSR count). The first-order valence-corrected chi connectivity index (χ1v) is 4.33. The van der Waals surface area contributed by atoms with Gasteiger partial charge in [0.15, 0.2) is 0 Å². The van der Waals surface area contributed by atoms with E-state index < -0.39 is 0 Å². The van der Waals surface area contributed by atoms with E-state index in [1.165, 1.54) is 0 Å². The Morgan fingerprint density at radius 2 is 2.29 bits per heavy atom. The lowest BCUT2D eigenvalue weighted by Gasteiger charge is -2.03. The van der Waals surface area contributed by atoms with Crippen LogP contribution < -0.4 is 4.74 Å². The van der Waals surface area contributed by atoms with Crippen LogP contribution in [0.1, 0.15) is 5.56 Å². The zero-order valence-corrected chi connectivity index (χ0v) is 7.82. The molecule has 0 saturated carbocycles. The molecule has 0 fully saturated rings. The molecule has 0 unspecified atom stereocenters. The quantitative estimate of drug-likeness (QED) is 0.696. The van der Waals surface area contributed by atoms with Crippen LogP contribution in [0.15, 0.2) is 28.9 Å². The van der Waals surface area contributed by atoms with Crippen LogP contribution in [0.2, 0.25) is 0 Å². The molecule has 1 aromatic carbocycles. The van der Waals surface area contributed by atoms with Gasteiger partial charge >= 0.3 is 0 Å². The minimum atomic E-state index is 0.369. The second-order valence-corrected chi connectivity index (χ2v) is 2.96. The van der Waals surface area contributed by atoms with Gasteiger partial charge in [-0.05, 0) is 12.1 Å². The van der Waals surface area contributed by atoms with Gasteiger partial charge in [-0.1, -0.05) is 6.07 Å². The summed E-state index contributed by atoms with van der Waals surface area (Å²) in [6, 6.07) is 5.53. The van der Waals surface area contributed by atoms with Gasteiger partial charge in [0, 0.05) is 12.0 Å². The maximum absolute atomic E-state index is 10.4. The lowest BCUT2D eigenvalue weighted by molar-refractivity contribution is -0.107. The molecule has 3 heteroatoms. The molecule has 0 spiro atoms. The highest BCUT2D eigenvalue weighted by atomic mass is 16.5. The van der Waals surface area contributed by atoms with E-state index in [1.807, 2.05) is 18.2 Å². The van der Waals surface area contributed by atoms with E-state index in [0.29, 0.717) is 6.42 Å². The summed E-state index contributed by atoms with van der Waals surface area (Å²) in [7, 11) is 1.61. The minimum Gasteiger partial charge on any atom is -0.496 e. The van der Waals surface area contributed by atoms with Crippen molar-refractivity contribution in [3.8, 4) is 5.75 Å². The smallest absolute Gasteiger partial charge is 0.141 e. The van der Waals surface area contributed by atoms with E-state index in [1.54, 1.807) is 13.4 Å². The van der Waals surface area contributed by atoms with E-state index in [-0.39, 0.29) is 0 Å². The maximum Gasteiger partial charge on any atom is 0.141 e. The predicted molar refractivity (Wildman–Crippen MR) is 52.5 cm³/mol. The Hall–Kier alpha value is -1.77. The molecule has 0 aliphatic rings. The first-order valence-electron chi connectivity index (χ1n) is 4.33. The van der Waals surface area contributed by atoms with E-state index in [2.05, 4.69) is 0 Å². The van der Waals surface area contributed by atoms with Gasteiger partial charge in [-0.25, -0.2) is 0 Å². The zero-order chi connectivity index (χ0) is 9.97. The van der Waals surface area contributed by atoms with Gasteiger partial charge in [-0.3, -0.25) is 0 Å². The molecule has 1 aromatic heterocycles. The number of ether oxygens (including phenoxy) is 1. The highest BCUT2D eigenvalue weighted by Gasteiger charge is 2.08. The molecule has 0 aliphatic heterocycles. The molecule has 0 atom stereocenters. The fourth-order valence-corrected chi connectivity index (χ4v) is 1.52. The van der Waals surface area contributed by atoms with Gasteiger partial charge < -0.3 is 13.9 Å². The summed E-state index contributed by atoms with van der Waals surface area (Å²) in [6.45, 7) is 0. The molecule has 0 saturated heterocycles. The Balaban J connectivity index is 2.65. The molecule has 0 bridgehead atoms. The number of aldehydes is 1. The van der Waals surface area contributed by atoms with Gasteiger partial charge in [-0.2, -0.15) is 0 Å². The average Bonchev–Trinajstić information content (AvgIpc) is 2.67. The lowest BCUT2D eigenvalue weighted by Crippen LogP contribution is -1.89. The summed E-state index contributed by atoms with van der Waals surface area (Å²) in [6.07, 6.45) is 2.83. The highest BCUT2D eigenvalue weighted by molar-refractivity contribution is 5.87. The van der Waals surface area contributed by atoms with Gasteiger partial charge in [0.25, 0.3) is 0 Å². The van der Waals surface area contributed by atoms with E-state index in [4.69, 9.17) is 9.15 Å². The fourth-order valence-electron chi connectivity index (χ4n) is 1.52. The molecular formula is C11H10O3. The summed E-state index contributed by atoms with van der Waals surface area (Å²) in [5, 5.41) is 0.909. The standard InChI is InChI=1S/C11H10O3/c1-13-10-3-2-8(4-6-12)11-9(10)5-7-14-11/h2-3,5-7H,4H2,1H3. The van der Waals surface area contributed by atoms with E-state index in [0.717, 1.165) is 28.6 Å². The van der Waals surface area contributed by atoms with Crippen LogP contribution in [0.4, 0.5) is 0 Å². The Morgan fingerprint density at radius 3 is 3.00 bits per heavy atom. The number of rotatable bonds is 3. The third-order valence-electron chi connectivity index (χ3n) is 2.18. The largest absolute Gasteiger partial charge is 0.496 e. The lowest BCUT2D eigenvalue weighted by atomic mass is 10.1. The number of carbonyl (C=O) groups excluding carboxylic acids is 1. The van der Waals surface area contributed by atoms with E-state index >= 15 is 0 Å². The van der Waals surface area contributed by atoms with Crippen molar-refractivity contribution in [2.75, 3.05) is 7.11 Å². The van der Waals surface area contributed by atoms with E-state index in [9.17, 15) is 4.79 Å². The highest BCUT2D eigenvalue weighted by Crippen LogP contribution is 2.29. The van der Waals surface area contributed by atoms with Crippen LogP contribution in [0.5, 0.6) is 5.75 Å². The molecule has 0 N–H and O–H groups in total. The van der Waals surface area contributed by atoms with Gasteiger partial charge in [0.1, 0.15) is 17.6 Å². The molecular weight excluding hydrogens is 180 g/mol. The number of carbonyl (C=O) groups is 1. The van der Waals surface area contributed by atoms with Crippen molar-refractivity contribution in [3.05, 3.63) is 30.0 Å². The van der Waals surface area contributed by atoms with Crippen LogP contribution in [0.25, 0.3) is 11.0 Å². The summed E-state index contributed by atoms with van der Waals surface area (Å²) < 4.78 is 10.5. The Kier molecular flexibility index (Phi) is 2.23. The van der Waals surface area contributed by atoms with Crippen LogP contribution in [0.3, 0.4) is 0 Å². The third-order valence-corrected chi connectivity index (χ3v) is 2.18. The van der Waals surface area contributed by atoms with Gasteiger partial charge in [0.05, 0.1) is 18.8 Å². The zero-order valence-electron chi connectivity index (χ0n) is 7.82. The molecule has 1 heterocycles. The SMILES string of the molecule is COc1ccc(CC=O)c2occc12. The number of fused-ring (bicyclic) bond motifs is 1. The topological polar surface area (TPSA) is 39.4 Å². The summed E-state index contributed by atoms with van der Waals surface area (Å²) in [5.74, 6) is 0.767. The molecule has 14 heavy (non-hydrogen) atoms. The number of methoxy groups -OCH3 is 1. The van der Waals surface area contributed by atoms with Crippen LogP contribution in [-0.2, 0) is 11.2 Å². The van der Waals surface area contributed by atoms with Crippen molar-refractivity contribution >= 4 is 17.3 Å². The van der Waals surface area contributed by atoms with Crippen molar-refractivity contribution in [1.29, 1.82) is 0 Å². The molecule has 0 radical (unpaired) electrons. The van der Waals surface area contributed by atoms with Crippen molar-refractivity contribution in [2.45, 2.75) is 6.42 Å². The number of hydrogen-bond donors (Lipinski definition) is 0. The first kappa shape index (κ1) is 8.81. The normalized spacial score (nSPS) is 10.4. The molecule has 0 aliphatic carbocycles. The Labute approximate surface area is 81.3 Å². The van der Waals surface area contributed by atoms with Crippen molar-refractivity contribution in [1.82, 2.24) is 0 Å². The molecule has 72 valence electrons. The summed E-state index contributed by atoms with van der Waals surface area (Å²) in [5.41, 5.74) is 1.62. The summed E-state index contributed by atoms with van der Waals surface area (Å²) >= 11 is 0. The summed E-state index contributed by atoms with van der Waals surface area (Å²) in [4.78, 5) is 10.4. The second-order valence-electron chi connectivity index (χ2n) is 2.96. The van der Waals surface area contributed by atoms with Crippen LogP contribution in [0, 0.1) is 0 Å². The monoisotopic (exact) mass is 190 g/mol. The maximum atomic E-state index is 10.4. The molecule has 3 nitrogen and oxygen atoms in total. The second kappa shape index (κ2) is 3.54. The number of hydrogen-bond acceptors (Lipinski definition) is 3. The van der Waals surface area contributed by atoms with Crippen molar-refractivity contribution in [3.63, 3.8) is 0 Å². The minimum absolute atomic E-state index is 0.369. The van der Waals surface area contributed by atoms with Crippen LogP contribution in [-0.4, -0.2) is 13.4 Å². The predicted octanol–water partition coefficient (Wildman–Crippen LogP) is 2.18. The average molecular weight is 190 g/mol. The van der Waals surface area contributed by atoms with Gasteiger partial charge in [-0.15, -0.1) is 0 Å². The molecule has 2 aromatic rings.